The van der Waals surface area contributed by atoms with Gasteiger partial charge in [0.25, 0.3) is 0 Å². The smallest absolute Gasteiger partial charge is 0.00194 e. The number of benzene rings is 1. The van der Waals surface area contributed by atoms with Gasteiger partial charge in [0.2, 0.25) is 0 Å². The highest BCUT2D eigenvalue weighted by Crippen LogP contribution is 2.44. The highest BCUT2D eigenvalue weighted by molar-refractivity contribution is 7.57. The Labute approximate surface area is 80.3 Å². The van der Waals surface area contributed by atoms with E-state index in [1.54, 1.807) is 0 Å². The predicted octanol–water partition coefficient (Wildman–Crippen LogP) is 4.28. The lowest BCUT2D eigenvalue weighted by Crippen LogP contribution is -1.64. The van der Waals surface area contributed by atoms with Crippen LogP contribution in [0.25, 0.3) is 5.30 Å². The number of aryl methyl sites for hydroxylation is 2. The lowest BCUT2D eigenvalue weighted by Gasteiger charge is -1.99. The molecule has 0 bridgehead atoms. The molecule has 0 nitrogen and oxygen atoms in total. The van der Waals surface area contributed by atoms with Gasteiger partial charge in [-0.1, -0.05) is 43.9 Å². The maximum absolute atomic E-state index is 2.39. The van der Waals surface area contributed by atoms with Crippen molar-refractivity contribution < 1.29 is 0 Å². The van der Waals surface area contributed by atoms with Crippen LogP contribution in [-0.4, -0.2) is 0 Å². The van der Waals surface area contributed by atoms with Crippen LogP contribution in [0.3, 0.4) is 0 Å². The zero-order valence-electron chi connectivity index (χ0n) is 7.99. The maximum Gasteiger partial charge on any atom is -0.00194 e. The molecule has 0 saturated heterocycles. The Morgan fingerprint density at radius 2 is 1.69 bits per heavy atom. The van der Waals surface area contributed by atoms with Crippen molar-refractivity contribution in [1.82, 2.24) is 0 Å². The van der Waals surface area contributed by atoms with Gasteiger partial charge in [-0.3, -0.25) is 0 Å². The van der Waals surface area contributed by atoms with Crippen LogP contribution in [-0.2, 0) is 0 Å². The van der Waals surface area contributed by atoms with Crippen molar-refractivity contribution in [2.45, 2.75) is 13.8 Å². The van der Waals surface area contributed by atoms with Crippen LogP contribution in [0.2, 0.25) is 0 Å². The molecule has 0 amide bonds. The molecule has 1 aromatic heterocycles. The molecule has 1 unspecified atom stereocenters. The molecule has 0 aliphatic heterocycles. The van der Waals surface area contributed by atoms with Gasteiger partial charge in [-0.05, 0) is 35.8 Å². The summed E-state index contributed by atoms with van der Waals surface area (Å²) >= 11 is 0. The second kappa shape index (κ2) is 3.40. The first-order chi connectivity index (χ1) is 6.27. The summed E-state index contributed by atoms with van der Waals surface area (Å²) in [5, 5.41) is 2.97. The highest BCUT2D eigenvalue weighted by Gasteiger charge is 2.01. The van der Waals surface area contributed by atoms with Crippen molar-refractivity contribution in [2.75, 3.05) is 0 Å². The molecule has 0 spiro atoms. The minimum absolute atomic E-state index is 0.142. The fourth-order valence-electron chi connectivity index (χ4n) is 1.61. The van der Waals surface area contributed by atoms with Crippen molar-refractivity contribution >= 4 is 7.53 Å². The zero-order valence-corrected chi connectivity index (χ0v) is 8.88. The van der Waals surface area contributed by atoms with E-state index in [1.807, 2.05) is 0 Å². The average molecular weight is 188 g/mol. The molecule has 13 heavy (non-hydrogen) atoms. The zero-order chi connectivity index (χ0) is 9.26. The molecule has 0 aliphatic rings. The molecule has 1 aromatic carbocycles. The second-order valence-electron chi connectivity index (χ2n) is 3.36. The molecule has 1 atom stereocenters. The van der Waals surface area contributed by atoms with Gasteiger partial charge in [0.15, 0.2) is 0 Å². The van der Waals surface area contributed by atoms with Crippen LogP contribution in [0.4, 0.5) is 0 Å². The Bertz CT molecular complexity index is 398. The minimum Gasteiger partial charge on any atom is -0.0901 e. The Kier molecular flexibility index (Phi) is 2.24. The van der Waals surface area contributed by atoms with Gasteiger partial charge >= 0.3 is 0 Å². The van der Waals surface area contributed by atoms with Gasteiger partial charge < -0.3 is 0 Å². The third-order valence-corrected chi connectivity index (χ3v) is 4.59. The Hall–Kier alpha value is -1.00. The quantitative estimate of drug-likeness (QED) is 0.626. The van der Waals surface area contributed by atoms with Crippen molar-refractivity contribution in [3.05, 3.63) is 53.1 Å². The lowest BCUT2D eigenvalue weighted by atomic mass is 10.4. The summed E-state index contributed by atoms with van der Waals surface area (Å²) in [5.74, 6) is 2.39. The number of hydrogen-bond donors (Lipinski definition) is 0. The van der Waals surface area contributed by atoms with Crippen LogP contribution >= 0.6 is 7.53 Å². The van der Waals surface area contributed by atoms with E-state index < -0.39 is 0 Å². The molecule has 0 aliphatic carbocycles. The first-order valence-corrected chi connectivity index (χ1v) is 5.89. The van der Waals surface area contributed by atoms with E-state index in [2.05, 4.69) is 56.0 Å². The third kappa shape index (κ3) is 1.68. The normalized spacial score (nSPS) is 11.7. The summed E-state index contributed by atoms with van der Waals surface area (Å²) in [4.78, 5) is 0. The summed E-state index contributed by atoms with van der Waals surface area (Å²) in [6, 6.07) is 13.0. The molecule has 1 heterocycles. The molecule has 2 aromatic rings. The van der Waals surface area contributed by atoms with Gasteiger partial charge in [-0.2, -0.15) is 0 Å². The minimum atomic E-state index is -0.142. The molecule has 0 N–H and O–H groups in total. The molecule has 66 valence electrons. The van der Waals surface area contributed by atoms with E-state index in [1.165, 1.54) is 16.2 Å². The van der Waals surface area contributed by atoms with Crippen molar-refractivity contribution in [3.8, 4) is 5.30 Å². The molecular formula is C12H13P. The van der Waals surface area contributed by atoms with Crippen LogP contribution in [0.5, 0.6) is 0 Å². The third-order valence-electron chi connectivity index (χ3n) is 2.18. The SMILES string of the molecule is Cc1cc(C)p(-c2ccccc2)c1. The van der Waals surface area contributed by atoms with Crippen molar-refractivity contribution in [1.29, 1.82) is 0 Å². The van der Waals surface area contributed by atoms with Gasteiger partial charge in [0.05, 0.1) is 0 Å². The van der Waals surface area contributed by atoms with E-state index in [0.29, 0.717) is 0 Å². The van der Waals surface area contributed by atoms with Gasteiger partial charge in [-0.15, -0.1) is 0 Å². The first-order valence-electron chi connectivity index (χ1n) is 4.48. The van der Waals surface area contributed by atoms with Crippen LogP contribution < -0.4 is 0 Å². The Morgan fingerprint density at radius 1 is 1.00 bits per heavy atom. The summed E-state index contributed by atoms with van der Waals surface area (Å²) in [6.07, 6.45) is 0. The molecular weight excluding hydrogens is 175 g/mol. The van der Waals surface area contributed by atoms with E-state index in [-0.39, 0.29) is 7.53 Å². The summed E-state index contributed by atoms with van der Waals surface area (Å²) in [7, 11) is -0.142. The van der Waals surface area contributed by atoms with Crippen LogP contribution in [0.15, 0.2) is 42.2 Å². The molecule has 0 saturated carbocycles. The number of rotatable bonds is 1. The molecule has 0 fully saturated rings. The van der Waals surface area contributed by atoms with Crippen LogP contribution in [0.1, 0.15) is 10.9 Å². The standard InChI is InChI=1S/C12H13P/c1-10-8-11(2)13(9-10)12-6-4-3-5-7-12/h3-9H,1-2H3. The predicted molar refractivity (Wildman–Crippen MR) is 60.0 cm³/mol. The van der Waals surface area contributed by atoms with E-state index in [4.69, 9.17) is 0 Å². The molecule has 1 heteroatoms. The fourth-order valence-corrected chi connectivity index (χ4v) is 3.69. The summed E-state index contributed by atoms with van der Waals surface area (Å²) in [5.41, 5.74) is 1.41. The van der Waals surface area contributed by atoms with Crippen molar-refractivity contribution in [3.63, 3.8) is 0 Å². The van der Waals surface area contributed by atoms with Crippen molar-refractivity contribution in [2.24, 2.45) is 0 Å². The Balaban J connectivity index is 2.53. The highest BCUT2D eigenvalue weighted by atomic mass is 31.1. The van der Waals surface area contributed by atoms with E-state index in [0.717, 1.165) is 0 Å². The summed E-state index contributed by atoms with van der Waals surface area (Å²) in [6.45, 7) is 4.40. The first kappa shape index (κ1) is 8.59. The van der Waals surface area contributed by atoms with Gasteiger partial charge in [0.1, 0.15) is 0 Å². The monoisotopic (exact) mass is 188 g/mol. The average Bonchev–Trinajstić information content (AvgIpc) is 2.47. The lowest BCUT2D eigenvalue weighted by molar-refractivity contribution is 1.51. The second-order valence-corrected chi connectivity index (χ2v) is 5.58. The molecule has 0 radical (unpaired) electrons. The van der Waals surface area contributed by atoms with Crippen LogP contribution in [0, 0.1) is 13.8 Å². The molecule has 2 rings (SSSR count). The Morgan fingerprint density at radius 3 is 2.23 bits per heavy atom. The largest absolute Gasteiger partial charge is 0.0901 e. The van der Waals surface area contributed by atoms with E-state index >= 15 is 0 Å². The van der Waals surface area contributed by atoms with Gasteiger partial charge in [-0.25, -0.2) is 0 Å². The topological polar surface area (TPSA) is 0 Å². The van der Waals surface area contributed by atoms with E-state index in [9.17, 15) is 0 Å². The maximum atomic E-state index is 2.39. The summed E-state index contributed by atoms with van der Waals surface area (Å²) < 4.78 is 0. The number of hydrogen-bond acceptors (Lipinski definition) is 0. The van der Waals surface area contributed by atoms with Gasteiger partial charge in [0, 0.05) is 0 Å². The fraction of sp³-hybridized carbons (Fsp3) is 0.167.